The first-order valence-corrected chi connectivity index (χ1v) is 12.9. The molecule has 1 aliphatic heterocycles. The van der Waals surface area contributed by atoms with E-state index < -0.39 is 39.4 Å². The first-order chi connectivity index (χ1) is 19.4. The van der Waals surface area contributed by atoms with E-state index in [1.165, 1.54) is 24.8 Å². The topological polar surface area (TPSA) is 158 Å². The monoisotopic (exact) mass is 549 g/mol. The van der Waals surface area contributed by atoms with Gasteiger partial charge in [0.15, 0.2) is 5.82 Å². The molecule has 1 fully saturated rings. The van der Waals surface area contributed by atoms with Crippen molar-refractivity contribution in [1.82, 2.24) is 9.88 Å². The van der Waals surface area contributed by atoms with Gasteiger partial charge in [-0.25, -0.2) is 19.2 Å². The Balaban J connectivity index is 1.36. The number of pyridine rings is 1. The fraction of sp³-hybridized carbons (Fsp3) is 0.321. The molecule has 1 N–H and O–H groups in total. The molecule has 0 saturated carbocycles. The van der Waals surface area contributed by atoms with E-state index in [9.17, 15) is 19.2 Å². The number of hydrogen-bond acceptors (Lipinski definition) is 12. The molecule has 0 radical (unpaired) electrons. The van der Waals surface area contributed by atoms with E-state index in [2.05, 4.69) is 21.3 Å². The normalized spacial score (nSPS) is 13.7. The van der Waals surface area contributed by atoms with Crippen molar-refractivity contribution in [2.24, 2.45) is 0 Å². The number of ether oxygens (including phenoxy) is 1. The average Bonchev–Trinajstić information content (AvgIpc) is 2.93. The third kappa shape index (κ3) is 6.83. The standard InChI is InChI=1S/C28H27N3O9/c32-20-8-9-21(33)38-25-24(37-20)26-28(40-23(35)11-10-22(34)39-26)30-27(25)29-12-5-15-36-19-7-4-6-18(16-19)17-31-13-2-1-3-14-31/h4,6-11,16H,1-3,5,12-15,17H2,(H,29,30). The van der Waals surface area contributed by atoms with E-state index in [0.717, 1.165) is 49.6 Å². The van der Waals surface area contributed by atoms with Gasteiger partial charge in [-0.15, -0.1) is 0 Å². The highest BCUT2D eigenvalue weighted by atomic mass is 16.5. The zero-order valence-corrected chi connectivity index (χ0v) is 21.6. The van der Waals surface area contributed by atoms with Gasteiger partial charge in [-0.3, -0.25) is 4.90 Å². The molecule has 0 unspecified atom stereocenters. The maximum Gasteiger partial charge on any atom is 0.337 e. The smallest absolute Gasteiger partial charge is 0.337 e. The lowest BCUT2D eigenvalue weighted by atomic mass is 10.1. The SMILES string of the molecule is O=c1ccc(=O)oc2c(nc(NCCCOc3cccc(CN4CCCCC4)c3)c3oc(=O)ccc(=O)oc32)o1. The number of anilines is 1. The predicted molar refractivity (Wildman–Crippen MR) is 145 cm³/mol. The Hall–Kier alpha value is -4.71. The Bertz CT molecular complexity index is 1800. The van der Waals surface area contributed by atoms with E-state index in [4.69, 9.17) is 22.4 Å². The Morgan fingerprint density at radius 3 is 2.15 bits per heavy atom. The number of likely N-dealkylation sites (tertiary alicyclic amines) is 1. The zero-order valence-electron chi connectivity index (χ0n) is 21.6. The number of aromatic nitrogens is 1. The molecule has 0 spiro atoms. The molecule has 1 aliphatic rings. The van der Waals surface area contributed by atoms with Crippen LogP contribution in [0.5, 0.6) is 5.75 Å². The van der Waals surface area contributed by atoms with Crippen LogP contribution in [0, 0.1) is 0 Å². The lowest BCUT2D eigenvalue weighted by Crippen LogP contribution is -2.29. The van der Waals surface area contributed by atoms with Crippen LogP contribution in [0.3, 0.4) is 0 Å². The molecule has 1 saturated heterocycles. The maximum atomic E-state index is 12.2. The summed E-state index contributed by atoms with van der Waals surface area (Å²) in [6, 6.07) is 11.4. The van der Waals surface area contributed by atoms with Crippen molar-refractivity contribution < 1.29 is 22.4 Å². The highest BCUT2D eigenvalue weighted by Crippen LogP contribution is 2.26. The Labute approximate surface area is 226 Å². The summed E-state index contributed by atoms with van der Waals surface area (Å²) in [5, 5.41) is 2.98. The lowest BCUT2D eigenvalue weighted by Gasteiger charge is -2.26. The van der Waals surface area contributed by atoms with Crippen LogP contribution in [0.4, 0.5) is 5.82 Å². The van der Waals surface area contributed by atoms with Gasteiger partial charge >= 0.3 is 22.5 Å². The van der Waals surface area contributed by atoms with Crippen molar-refractivity contribution in [3.05, 3.63) is 95.8 Å². The largest absolute Gasteiger partial charge is 0.494 e. The summed E-state index contributed by atoms with van der Waals surface area (Å²) < 4.78 is 26.8. The molecular formula is C28H27N3O9. The third-order valence-electron chi connectivity index (χ3n) is 6.19. The van der Waals surface area contributed by atoms with Crippen molar-refractivity contribution in [3.8, 4) is 5.75 Å². The Morgan fingerprint density at radius 1 is 0.775 bits per heavy atom. The summed E-state index contributed by atoms with van der Waals surface area (Å²) in [4.78, 5) is 55.1. The van der Waals surface area contributed by atoms with Gasteiger partial charge in [0.25, 0.3) is 5.71 Å². The highest BCUT2D eigenvalue weighted by Gasteiger charge is 2.17. The van der Waals surface area contributed by atoms with Gasteiger partial charge in [0.2, 0.25) is 16.7 Å². The molecule has 12 nitrogen and oxygen atoms in total. The fourth-order valence-electron chi connectivity index (χ4n) is 4.36. The van der Waals surface area contributed by atoms with E-state index in [0.29, 0.717) is 19.6 Å². The highest BCUT2D eigenvalue weighted by molar-refractivity contribution is 5.98. The van der Waals surface area contributed by atoms with Crippen molar-refractivity contribution >= 4 is 28.3 Å². The van der Waals surface area contributed by atoms with E-state index in [1.807, 2.05) is 18.2 Å². The summed E-state index contributed by atoms with van der Waals surface area (Å²) >= 11 is 0. The van der Waals surface area contributed by atoms with Crippen LogP contribution in [0.2, 0.25) is 0 Å². The maximum absolute atomic E-state index is 12.2. The summed E-state index contributed by atoms with van der Waals surface area (Å²) in [6.45, 7) is 3.77. The van der Waals surface area contributed by atoms with Crippen molar-refractivity contribution in [3.63, 3.8) is 0 Å². The molecule has 0 bridgehead atoms. The molecule has 12 heteroatoms. The second-order valence-corrected chi connectivity index (χ2v) is 9.22. The van der Waals surface area contributed by atoms with Gasteiger partial charge in [-0.05, 0) is 50.0 Å². The molecule has 4 aromatic rings. The summed E-state index contributed by atoms with van der Waals surface area (Å²) in [5.74, 6) is 0.690. The number of nitrogens with one attached hydrogen (secondary N) is 1. The minimum absolute atomic E-state index is 0.0675. The third-order valence-corrected chi connectivity index (χ3v) is 6.19. The Morgan fingerprint density at radius 2 is 1.43 bits per heavy atom. The van der Waals surface area contributed by atoms with Gasteiger partial charge in [0, 0.05) is 37.4 Å². The first-order valence-electron chi connectivity index (χ1n) is 12.9. The van der Waals surface area contributed by atoms with Crippen LogP contribution in [-0.4, -0.2) is 36.1 Å². The minimum Gasteiger partial charge on any atom is -0.494 e. The summed E-state index contributed by atoms with van der Waals surface area (Å²) in [6.07, 6.45) is 4.26. The van der Waals surface area contributed by atoms with Gasteiger partial charge in [0.1, 0.15) is 5.75 Å². The van der Waals surface area contributed by atoms with Crippen LogP contribution >= 0.6 is 0 Å². The quantitative estimate of drug-likeness (QED) is 0.320. The average molecular weight is 550 g/mol. The minimum atomic E-state index is -0.945. The van der Waals surface area contributed by atoms with Crippen molar-refractivity contribution in [1.29, 1.82) is 0 Å². The molecule has 0 atom stereocenters. The molecule has 5 rings (SSSR count). The Kier molecular flexibility index (Phi) is 8.35. The van der Waals surface area contributed by atoms with Crippen LogP contribution < -0.4 is 32.6 Å². The van der Waals surface area contributed by atoms with Gasteiger partial charge in [0.05, 0.1) is 6.61 Å². The molecule has 1 aromatic carbocycles. The summed E-state index contributed by atoms with van der Waals surface area (Å²) in [5.41, 5.74) is -4.14. The molecule has 0 aliphatic carbocycles. The number of rotatable bonds is 8. The first kappa shape index (κ1) is 26.9. The van der Waals surface area contributed by atoms with Crippen LogP contribution in [0.25, 0.3) is 22.5 Å². The number of hydrogen-bond donors (Lipinski definition) is 1. The lowest BCUT2D eigenvalue weighted by molar-refractivity contribution is 0.220. The molecular weight excluding hydrogens is 522 g/mol. The second-order valence-electron chi connectivity index (χ2n) is 9.22. The predicted octanol–water partition coefficient (Wildman–Crippen LogP) is 3.19. The van der Waals surface area contributed by atoms with Crippen molar-refractivity contribution in [2.75, 3.05) is 31.6 Å². The molecule has 3 aromatic heterocycles. The van der Waals surface area contributed by atoms with Crippen molar-refractivity contribution in [2.45, 2.75) is 32.2 Å². The van der Waals surface area contributed by atoms with Gasteiger partial charge in [-0.2, -0.15) is 4.98 Å². The molecule has 0 amide bonds. The van der Waals surface area contributed by atoms with Gasteiger partial charge < -0.3 is 27.7 Å². The van der Waals surface area contributed by atoms with Crippen LogP contribution in [-0.2, 0) is 6.54 Å². The number of nitrogens with zero attached hydrogens (tertiary/aromatic N) is 2. The molecule has 4 heterocycles. The van der Waals surface area contributed by atoms with E-state index >= 15 is 0 Å². The molecule has 40 heavy (non-hydrogen) atoms. The van der Waals surface area contributed by atoms with Gasteiger partial charge in [-0.1, -0.05) is 18.6 Å². The number of piperidine rings is 1. The second kappa shape index (κ2) is 12.4. The number of benzene rings is 1. The van der Waals surface area contributed by atoms with Crippen LogP contribution in [0.1, 0.15) is 31.2 Å². The van der Waals surface area contributed by atoms with E-state index in [1.54, 1.807) is 0 Å². The van der Waals surface area contributed by atoms with Crippen LogP contribution in [0.15, 0.2) is 85.4 Å². The number of fused-ring (bicyclic) bond motifs is 3. The zero-order chi connectivity index (χ0) is 27.9. The molecule has 208 valence electrons. The summed E-state index contributed by atoms with van der Waals surface area (Å²) in [7, 11) is 0. The van der Waals surface area contributed by atoms with E-state index in [-0.39, 0.29) is 11.4 Å². The fourth-order valence-corrected chi connectivity index (χ4v) is 4.36.